The third kappa shape index (κ3) is 2.47. The molecule has 10 nitrogen and oxygen atoms in total. The number of hydrogen-bond acceptors (Lipinski definition) is 9. The van der Waals surface area contributed by atoms with Gasteiger partial charge in [-0.05, 0) is 13.8 Å². The molecule has 0 saturated heterocycles. The normalized spacial score (nSPS) is 11.3. The molecule has 4 aromatic heterocycles. The molecule has 0 unspecified atom stereocenters. The average molecular weight is 326 g/mol. The third-order valence-corrected chi connectivity index (χ3v) is 3.44. The fourth-order valence-electron chi connectivity index (χ4n) is 2.33. The van der Waals surface area contributed by atoms with Crippen molar-refractivity contribution in [3.05, 3.63) is 29.7 Å². The molecule has 10 heteroatoms. The molecular formula is C14H14N8O2. The highest BCUT2D eigenvalue weighted by molar-refractivity contribution is 5.86. The number of fused-ring (bicyclic) bond motifs is 1. The maximum Gasteiger partial charge on any atom is 0.246 e. The predicted molar refractivity (Wildman–Crippen MR) is 82.9 cm³/mol. The van der Waals surface area contributed by atoms with Crippen LogP contribution < -0.4 is 5.32 Å². The molecule has 24 heavy (non-hydrogen) atoms. The van der Waals surface area contributed by atoms with Crippen LogP contribution in [0.1, 0.15) is 17.5 Å². The molecule has 0 saturated carbocycles. The van der Waals surface area contributed by atoms with Crippen molar-refractivity contribution in [1.82, 2.24) is 35.0 Å². The number of nitrogens with zero attached hydrogens (tertiary/aromatic N) is 7. The number of aryl methyl sites for hydroxylation is 3. The van der Waals surface area contributed by atoms with Crippen LogP contribution in [0.25, 0.3) is 22.6 Å². The van der Waals surface area contributed by atoms with E-state index < -0.39 is 0 Å². The summed E-state index contributed by atoms with van der Waals surface area (Å²) in [6.45, 7) is 3.95. The molecule has 1 N–H and O–H groups in total. The molecule has 4 rings (SSSR count). The summed E-state index contributed by atoms with van der Waals surface area (Å²) in [5.41, 5.74) is 1.30. The van der Waals surface area contributed by atoms with E-state index in [0.29, 0.717) is 41.4 Å². The molecule has 0 fully saturated rings. The van der Waals surface area contributed by atoms with Gasteiger partial charge in [0, 0.05) is 13.1 Å². The van der Waals surface area contributed by atoms with Crippen molar-refractivity contribution in [2.45, 2.75) is 20.4 Å². The lowest BCUT2D eigenvalue weighted by Crippen LogP contribution is -2.05. The van der Waals surface area contributed by atoms with Gasteiger partial charge in [0.05, 0.1) is 18.1 Å². The minimum absolute atomic E-state index is 0.324. The van der Waals surface area contributed by atoms with Crippen LogP contribution in [0.15, 0.2) is 21.3 Å². The second-order valence-corrected chi connectivity index (χ2v) is 5.31. The summed E-state index contributed by atoms with van der Waals surface area (Å²) in [7, 11) is 1.84. The SMILES string of the molecule is Cc1nc(NCc2nc(-c3cc(C)on3)no2)c2cnn(C)c2n1. The summed E-state index contributed by atoms with van der Waals surface area (Å²) in [5, 5.41) is 16.0. The number of nitrogens with one attached hydrogen (secondary N) is 1. The third-order valence-electron chi connectivity index (χ3n) is 3.44. The predicted octanol–water partition coefficient (Wildman–Crippen LogP) is 1.63. The monoisotopic (exact) mass is 326 g/mol. The van der Waals surface area contributed by atoms with E-state index in [4.69, 9.17) is 9.05 Å². The highest BCUT2D eigenvalue weighted by Crippen LogP contribution is 2.20. The Hall–Kier alpha value is -3.30. The van der Waals surface area contributed by atoms with Crippen LogP contribution in [-0.2, 0) is 13.6 Å². The highest BCUT2D eigenvalue weighted by atomic mass is 16.5. The molecule has 0 aliphatic heterocycles. The summed E-state index contributed by atoms with van der Waals surface area (Å²) in [5.74, 6) is 2.80. The van der Waals surface area contributed by atoms with Gasteiger partial charge in [-0.15, -0.1) is 0 Å². The first-order chi connectivity index (χ1) is 11.6. The zero-order valence-corrected chi connectivity index (χ0v) is 13.3. The van der Waals surface area contributed by atoms with Crippen LogP contribution >= 0.6 is 0 Å². The largest absolute Gasteiger partial charge is 0.361 e. The average Bonchev–Trinajstić information content (AvgIpc) is 3.26. The second-order valence-electron chi connectivity index (χ2n) is 5.31. The zero-order valence-electron chi connectivity index (χ0n) is 13.3. The summed E-state index contributed by atoms with van der Waals surface area (Å²) in [4.78, 5) is 13.1. The number of aromatic nitrogens is 7. The van der Waals surface area contributed by atoms with Crippen LogP contribution in [0.4, 0.5) is 5.82 Å². The number of rotatable bonds is 4. The Labute approximate surface area is 135 Å². The van der Waals surface area contributed by atoms with E-state index in [1.807, 2.05) is 14.0 Å². The van der Waals surface area contributed by atoms with Crippen molar-refractivity contribution in [2.24, 2.45) is 7.05 Å². The Morgan fingerprint density at radius 2 is 2.00 bits per heavy atom. The number of anilines is 1. The molecule has 0 bridgehead atoms. The minimum Gasteiger partial charge on any atom is -0.361 e. The Morgan fingerprint density at radius 3 is 2.79 bits per heavy atom. The Morgan fingerprint density at radius 1 is 1.12 bits per heavy atom. The molecule has 0 spiro atoms. The van der Waals surface area contributed by atoms with Crippen molar-refractivity contribution >= 4 is 16.9 Å². The topological polar surface area (TPSA) is 121 Å². The Balaban J connectivity index is 1.56. The first-order valence-corrected chi connectivity index (χ1v) is 7.26. The van der Waals surface area contributed by atoms with Gasteiger partial charge in [-0.25, -0.2) is 9.97 Å². The Bertz CT molecular complexity index is 1020. The van der Waals surface area contributed by atoms with Crippen LogP contribution in [0.3, 0.4) is 0 Å². The van der Waals surface area contributed by atoms with E-state index in [9.17, 15) is 0 Å². The highest BCUT2D eigenvalue weighted by Gasteiger charge is 2.14. The van der Waals surface area contributed by atoms with Crippen molar-refractivity contribution < 1.29 is 9.05 Å². The second kappa shape index (κ2) is 5.41. The van der Waals surface area contributed by atoms with E-state index in [-0.39, 0.29) is 0 Å². The first kappa shape index (κ1) is 14.3. The van der Waals surface area contributed by atoms with Crippen molar-refractivity contribution in [3.63, 3.8) is 0 Å². The van der Waals surface area contributed by atoms with Gasteiger partial charge < -0.3 is 14.4 Å². The molecule has 0 radical (unpaired) electrons. The van der Waals surface area contributed by atoms with E-state index >= 15 is 0 Å². The summed E-state index contributed by atoms with van der Waals surface area (Å²) in [6, 6.07) is 1.75. The van der Waals surface area contributed by atoms with E-state index in [0.717, 1.165) is 11.0 Å². The van der Waals surface area contributed by atoms with Gasteiger partial charge in [-0.3, -0.25) is 4.68 Å². The van der Waals surface area contributed by atoms with Gasteiger partial charge in [0.2, 0.25) is 11.7 Å². The van der Waals surface area contributed by atoms with E-state index in [1.54, 1.807) is 23.9 Å². The maximum atomic E-state index is 5.23. The summed E-state index contributed by atoms with van der Waals surface area (Å²) >= 11 is 0. The van der Waals surface area contributed by atoms with Crippen LogP contribution in [0.2, 0.25) is 0 Å². The molecular weight excluding hydrogens is 312 g/mol. The van der Waals surface area contributed by atoms with Crippen LogP contribution in [-0.4, -0.2) is 35.0 Å². The zero-order chi connectivity index (χ0) is 16.7. The van der Waals surface area contributed by atoms with Gasteiger partial charge in [-0.2, -0.15) is 10.1 Å². The molecule has 4 heterocycles. The lowest BCUT2D eigenvalue weighted by atomic mass is 10.3. The van der Waals surface area contributed by atoms with Gasteiger partial charge in [0.1, 0.15) is 17.4 Å². The van der Waals surface area contributed by atoms with Gasteiger partial charge in [0.25, 0.3) is 0 Å². The summed E-state index contributed by atoms with van der Waals surface area (Å²) in [6.07, 6.45) is 1.72. The Kier molecular flexibility index (Phi) is 3.22. The fraction of sp³-hybridized carbons (Fsp3) is 0.286. The summed E-state index contributed by atoms with van der Waals surface area (Å²) < 4.78 is 11.9. The molecule has 0 atom stereocenters. The smallest absolute Gasteiger partial charge is 0.246 e. The lowest BCUT2D eigenvalue weighted by molar-refractivity contribution is 0.381. The van der Waals surface area contributed by atoms with Crippen molar-refractivity contribution in [3.8, 4) is 11.5 Å². The standard InChI is InChI=1S/C14H14N8O2/c1-7-4-10(20-23-7)13-19-11(24-21-13)6-15-12-9-5-16-22(3)14(9)18-8(2)17-12/h4-5H,6H2,1-3H3,(H,15,17,18). The molecule has 4 aromatic rings. The van der Waals surface area contributed by atoms with Crippen molar-refractivity contribution in [2.75, 3.05) is 5.32 Å². The molecule has 0 aliphatic rings. The van der Waals surface area contributed by atoms with Crippen molar-refractivity contribution in [1.29, 1.82) is 0 Å². The number of hydrogen-bond donors (Lipinski definition) is 1. The maximum absolute atomic E-state index is 5.23. The molecule has 0 amide bonds. The minimum atomic E-state index is 0.324. The first-order valence-electron chi connectivity index (χ1n) is 7.26. The van der Waals surface area contributed by atoms with Gasteiger partial charge in [-0.1, -0.05) is 10.3 Å². The molecule has 122 valence electrons. The van der Waals surface area contributed by atoms with Gasteiger partial charge >= 0.3 is 0 Å². The molecule has 0 aromatic carbocycles. The quantitative estimate of drug-likeness (QED) is 0.596. The fourth-order valence-corrected chi connectivity index (χ4v) is 2.33. The van der Waals surface area contributed by atoms with Crippen LogP contribution in [0, 0.1) is 13.8 Å². The lowest BCUT2D eigenvalue weighted by Gasteiger charge is -2.05. The van der Waals surface area contributed by atoms with Crippen LogP contribution in [0.5, 0.6) is 0 Å². The van der Waals surface area contributed by atoms with E-state index in [1.165, 1.54) is 0 Å². The van der Waals surface area contributed by atoms with E-state index in [2.05, 4.69) is 35.7 Å². The molecule has 0 aliphatic carbocycles. The van der Waals surface area contributed by atoms with Gasteiger partial charge in [0.15, 0.2) is 11.3 Å².